The van der Waals surface area contributed by atoms with E-state index in [2.05, 4.69) is 164 Å². The van der Waals surface area contributed by atoms with Crippen molar-refractivity contribution in [2.24, 2.45) is 0 Å². The molecule has 1 aliphatic carbocycles. The van der Waals surface area contributed by atoms with Gasteiger partial charge in [0.15, 0.2) is 0 Å². The Morgan fingerprint density at radius 3 is 1.50 bits per heavy atom. The first-order valence-electron chi connectivity index (χ1n) is 14.8. The molecule has 0 atom stereocenters. The van der Waals surface area contributed by atoms with Gasteiger partial charge < -0.3 is 4.90 Å². The minimum atomic E-state index is 0.508. The molecule has 1 nitrogen and oxygen atoms in total. The van der Waals surface area contributed by atoms with Gasteiger partial charge in [-0.25, -0.2) is 0 Å². The van der Waals surface area contributed by atoms with Crippen LogP contribution in [-0.4, -0.2) is 0 Å². The Bertz CT molecular complexity index is 2090. The van der Waals surface area contributed by atoms with Gasteiger partial charge in [0.05, 0.1) is 0 Å². The molecule has 0 saturated carbocycles. The lowest BCUT2D eigenvalue weighted by Crippen LogP contribution is -2.10. The number of anilines is 3. The zero-order valence-electron chi connectivity index (χ0n) is 23.9. The molecule has 0 fully saturated rings. The number of hydrogen-bond acceptors (Lipinski definition) is 1. The highest BCUT2D eigenvalue weighted by Gasteiger charge is 2.24. The molecule has 200 valence electrons. The number of benzene rings is 7. The van der Waals surface area contributed by atoms with E-state index in [1.54, 1.807) is 0 Å². The predicted molar refractivity (Wildman–Crippen MR) is 180 cm³/mol. The van der Waals surface area contributed by atoms with E-state index in [9.17, 15) is 0 Å². The highest BCUT2D eigenvalue weighted by atomic mass is 15.1. The van der Waals surface area contributed by atoms with Crippen molar-refractivity contribution in [2.75, 3.05) is 4.90 Å². The van der Waals surface area contributed by atoms with Crippen LogP contribution in [0.2, 0.25) is 0 Å². The Morgan fingerprint density at radius 2 is 0.881 bits per heavy atom. The second-order valence-electron chi connectivity index (χ2n) is 11.7. The van der Waals surface area contributed by atoms with Crippen LogP contribution in [0.3, 0.4) is 0 Å². The Kier molecular flexibility index (Phi) is 5.72. The number of hydrogen-bond donors (Lipinski definition) is 0. The van der Waals surface area contributed by atoms with E-state index < -0.39 is 0 Å². The Morgan fingerprint density at radius 1 is 0.381 bits per heavy atom. The monoisotopic (exact) mass is 537 g/mol. The second kappa shape index (κ2) is 9.75. The third kappa shape index (κ3) is 4.09. The van der Waals surface area contributed by atoms with Crippen molar-refractivity contribution in [1.29, 1.82) is 0 Å². The van der Waals surface area contributed by atoms with Crippen LogP contribution in [0.25, 0.3) is 54.9 Å². The molecule has 0 saturated heterocycles. The lowest BCUT2D eigenvalue weighted by atomic mass is 9.77. The quantitative estimate of drug-likeness (QED) is 0.211. The van der Waals surface area contributed by atoms with Crippen LogP contribution in [0.15, 0.2) is 146 Å². The maximum Gasteiger partial charge on any atom is 0.0468 e. The summed E-state index contributed by atoms with van der Waals surface area (Å²) in [6.45, 7) is 4.48. The topological polar surface area (TPSA) is 3.24 Å². The minimum absolute atomic E-state index is 0.508. The van der Waals surface area contributed by atoms with Crippen molar-refractivity contribution in [2.45, 2.75) is 19.8 Å². The van der Waals surface area contributed by atoms with Crippen LogP contribution < -0.4 is 4.90 Å². The zero-order chi connectivity index (χ0) is 28.2. The maximum absolute atomic E-state index is 2.38. The Balaban J connectivity index is 1.20. The van der Waals surface area contributed by atoms with Gasteiger partial charge in [-0.3, -0.25) is 0 Å². The molecule has 0 unspecified atom stereocenters. The first-order chi connectivity index (χ1) is 20.6. The fraction of sp³-hybridized carbons (Fsp3) is 0.0732. The van der Waals surface area contributed by atoms with Crippen molar-refractivity contribution < 1.29 is 0 Å². The van der Waals surface area contributed by atoms with Gasteiger partial charge in [-0.15, -0.1) is 0 Å². The van der Waals surface area contributed by atoms with Gasteiger partial charge in [-0.2, -0.15) is 0 Å². The molecule has 1 heteroatoms. The van der Waals surface area contributed by atoms with Crippen LogP contribution in [0.4, 0.5) is 17.1 Å². The Hall–Kier alpha value is -5.14. The van der Waals surface area contributed by atoms with Gasteiger partial charge in [0.2, 0.25) is 0 Å². The molecule has 0 heterocycles. The number of fused-ring (bicyclic) bond motifs is 6. The average molecular weight is 538 g/mol. The smallest absolute Gasteiger partial charge is 0.0468 e. The molecule has 0 bridgehead atoms. The summed E-state index contributed by atoms with van der Waals surface area (Å²) in [6.07, 6.45) is 0. The SMILES string of the molecule is CC(C)c1ccc(N(c2ccccc2)c2ccc3cc4c(cc3c2)-c2cc3ccc(-c5ccccc5)cc3cc2-4)cc1. The molecule has 1 aliphatic rings. The van der Waals surface area contributed by atoms with Crippen LogP contribution in [0, 0.1) is 0 Å². The molecule has 0 N–H and O–H groups in total. The summed E-state index contributed by atoms with van der Waals surface area (Å²) in [6, 6.07) is 53.5. The van der Waals surface area contributed by atoms with E-state index in [1.165, 1.54) is 66.2 Å². The van der Waals surface area contributed by atoms with Gasteiger partial charge in [-0.05, 0) is 133 Å². The summed E-state index contributed by atoms with van der Waals surface area (Å²) >= 11 is 0. The Labute approximate surface area is 247 Å². The fourth-order valence-corrected chi connectivity index (χ4v) is 6.39. The van der Waals surface area contributed by atoms with Crippen LogP contribution >= 0.6 is 0 Å². The first kappa shape index (κ1) is 24.6. The van der Waals surface area contributed by atoms with E-state index in [1.807, 2.05) is 0 Å². The standard InChI is InChI=1S/C41H31N/c1-27(2)28-15-18-36(19-16-28)42(35-11-7-4-8-12-35)37-20-17-32-24-39-40-25-33-21-30(29-9-5-3-6-10-29)13-14-31(33)23-38(40)41(39)26-34(32)22-37/h3-27H,1-2H3. The van der Waals surface area contributed by atoms with Gasteiger partial charge in [-0.1, -0.05) is 92.7 Å². The molecule has 7 aromatic carbocycles. The lowest BCUT2D eigenvalue weighted by Gasteiger charge is -2.28. The number of nitrogens with zero attached hydrogens (tertiary/aromatic N) is 1. The summed E-state index contributed by atoms with van der Waals surface area (Å²) in [5.41, 5.74) is 12.7. The molecule has 42 heavy (non-hydrogen) atoms. The van der Waals surface area contributed by atoms with E-state index in [0.29, 0.717) is 5.92 Å². The molecule has 0 spiro atoms. The normalized spacial score (nSPS) is 11.8. The molecule has 0 aliphatic heterocycles. The molecule has 8 rings (SSSR count). The van der Waals surface area contributed by atoms with Crippen LogP contribution in [-0.2, 0) is 0 Å². The maximum atomic E-state index is 2.38. The van der Waals surface area contributed by atoms with Gasteiger partial charge in [0, 0.05) is 17.1 Å². The van der Waals surface area contributed by atoms with Crippen molar-refractivity contribution >= 4 is 38.6 Å². The van der Waals surface area contributed by atoms with Gasteiger partial charge >= 0.3 is 0 Å². The van der Waals surface area contributed by atoms with Crippen LogP contribution in [0.5, 0.6) is 0 Å². The van der Waals surface area contributed by atoms with Crippen molar-refractivity contribution in [3.8, 4) is 33.4 Å². The van der Waals surface area contributed by atoms with E-state index in [4.69, 9.17) is 0 Å². The van der Waals surface area contributed by atoms with Crippen molar-refractivity contribution in [3.63, 3.8) is 0 Å². The summed E-state index contributed by atoms with van der Waals surface area (Å²) in [7, 11) is 0. The second-order valence-corrected chi connectivity index (χ2v) is 11.7. The summed E-state index contributed by atoms with van der Waals surface area (Å²) in [5.74, 6) is 0.508. The van der Waals surface area contributed by atoms with Gasteiger partial charge in [0.1, 0.15) is 0 Å². The van der Waals surface area contributed by atoms with Gasteiger partial charge in [0.25, 0.3) is 0 Å². The average Bonchev–Trinajstić information content (AvgIpc) is 3.04. The summed E-state index contributed by atoms with van der Waals surface area (Å²) < 4.78 is 0. The van der Waals surface area contributed by atoms with Crippen molar-refractivity contribution in [1.82, 2.24) is 0 Å². The highest BCUT2D eigenvalue weighted by Crippen LogP contribution is 2.51. The third-order valence-corrected chi connectivity index (χ3v) is 8.71. The third-order valence-electron chi connectivity index (χ3n) is 8.71. The van der Waals surface area contributed by atoms with E-state index in [-0.39, 0.29) is 0 Å². The molecule has 0 radical (unpaired) electrons. The number of rotatable bonds is 5. The zero-order valence-corrected chi connectivity index (χ0v) is 23.9. The highest BCUT2D eigenvalue weighted by molar-refractivity contribution is 6.12. The molecular weight excluding hydrogens is 506 g/mol. The molecule has 0 aromatic heterocycles. The molecule has 7 aromatic rings. The van der Waals surface area contributed by atoms with E-state index in [0.717, 1.165) is 11.4 Å². The van der Waals surface area contributed by atoms with Crippen LogP contribution in [0.1, 0.15) is 25.3 Å². The van der Waals surface area contributed by atoms with Crippen molar-refractivity contribution in [3.05, 3.63) is 151 Å². The molecular formula is C41H31N. The minimum Gasteiger partial charge on any atom is -0.310 e. The fourth-order valence-electron chi connectivity index (χ4n) is 6.39. The van der Waals surface area contributed by atoms with E-state index >= 15 is 0 Å². The largest absolute Gasteiger partial charge is 0.310 e. The predicted octanol–water partition coefficient (Wildman–Crippen LogP) is 11.9. The summed E-state index contributed by atoms with van der Waals surface area (Å²) in [4.78, 5) is 2.36. The number of para-hydroxylation sites is 1. The molecule has 0 amide bonds. The first-order valence-corrected chi connectivity index (χ1v) is 14.8. The lowest BCUT2D eigenvalue weighted by molar-refractivity contribution is 0.866. The summed E-state index contributed by atoms with van der Waals surface area (Å²) in [5, 5.41) is 5.10.